The fourth-order valence-electron chi connectivity index (χ4n) is 2.40. The Morgan fingerprint density at radius 2 is 1.87 bits per heavy atom. The predicted octanol–water partition coefficient (Wildman–Crippen LogP) is 2.79. The van der Waals surface area contributed by atoms with Crippen molar-refractivity contribution in [3.63, 3.8) is 0 Å². The molecule has 0 saturated heterocycles. The molecule has 1 aromatic carbocycles. The lowest BCUT2D eigenvalue weighted by atomic mass is 10.1. The SMILES string of the molecule is CC(CN(C)C(=O)CCc1ccc(-c2ccccc2)[nH]1)C(=O)O. The number of aryl methyl sites for hydroxylation is 1. The molecule has 0 aliphatic rings. The molecule has 2 rings (SSSR count). The normalized spacial score (nSPS) is 11.9. The van der Waals surface area contributed by atoms with E-state index in [4.69, 9.17) is 5.11 Å². The number of carbonyl (C=O) groups is 2. The minimum Gasteiger partial charge on any atom is -0.481 e. The van der Waals surface area contributed by atoms with Gasteiger partial charge < -0.3 is 15.0 Å². The van der Waals surface area contributed by atoms with Gasteiger partial charge in [0.2, 0.25) is 5.91 Å². The minimum atomic E-state index is -0.887. The number of carboxylic acids is 1. The summed E-state index contributed by atoms with van der Waals surface area (Å²) in [4.78, 5) is 27.7. The number of aromatic amines is 1. The van der Waals surface area contributed by atoms with Gasteiger partial charge in [-0.05, 0) is 24.1 Å². The molecule has 1 aromatic heterocycles. The van der Waals surface area contributed by atoms with Crippen molar-refractivity contribution in [2.24, 2.45) is 5.92 Å². The van der Waals surface area contributed by atoms with Crippen LogP contribution in [0.4, 0.5) is 0 Å². The van der Waals surface area contributed by atoms with Gasteiger partial charge in [-0.3, -0.25) is 9.59 Å². The molecule has 2 N–H and O–H groups in total. The molecule has 1 unspecified atom stereocenters. The van der Waals surface area contributed by atoms with Gasteiger partial charge in [0.15, 0.2) is 0 Å². The zero-order chi connectivity index (χ0) is 16.8. The Morgan fingerprint density at radius 3 is 2.52 bits per heavy atom. The van der Waals surface area contributed by atoms with Crippen LogP contribution in [0, 0.1) is 5.92 Å². The van der Waals surface area contributed by atoms with Gasteiger partial charge in [0.1, 0.15) is 0 Å². The van der Waals surface area contributed by atoms with Crippen LogP contribution in [0.2, 0.25) is 0 Å². The molecule has 0 radical (unpaired) electrons. The summed E-state index contributed by atoms with van der Waals surface area (Å²) in [7, 11) is 1.64. The summed E-state index contributed by atoms with van der Waals surface area (Å²) in [5.74, 6) is -1.49. The van der Waals surface area contributed by atoms with Crippen LogP contribution in [0.1, 0.15) is 19.0 Å². The van der Waals surface area contributed by atoms with Gasteiger partial charge in [0, 0.05) is 31.4 Å². The summed E-state index contributed by atoms with van der Waals surface area (Å²) in [6, 6.07) is 14.0. The maximum Gasteiger partial charge on any atom is 0.308 e. The molecule has 5 heteroatoms. The lowest BCUT2D eigenvalue weighted by Gasteiger charge is -2.19. The molecule has 2 aromatic rings. The van der Waals surface area contributed by atoms with Crippen LogP contribution in [0.5, 0.6) is 0 Å². The lowest BCUT2D eigenvalue weighted by Crippen LogP contribution is -2.33. The molecule has 1 atom stereocenters. The maximum atomic E-state index is 12.1. The van der Waals surface area contributed by atoms with E-state index in [2.05, 4.69) is 4.98 Å². The van der Waals surface area contributed by atoms with Gasteiger partial charge in [-0.25, -0.2) is 0 Å². The minimum absolute atomic E-state index is 0.0473. The number of H-pyrrole nitrogens is 1. The Morgan fingerprint density at radius 1 is 1.17 bits per heavy atom. The zero-order valence-electron chi connectivity index (χ0n) is 13.5. The number of amides is 1. The van der Waals surface area contributed by atoms with Crippen molar-refractivity contribution in [2.45, 2.75) is 19.8 Å². The third kappa shape index (κ3) is 4.71. The van der Waals surface area contributed by atoms with E-state index in [1.165, 1.54) is 4.90 Å². The average Bonchev–Trinajstić information content (AvgIpc) is 3.02. The van der Waals surface area contributed by atoms with Crippen LogP contribution in [0.3, 0.4) is 0 Å². The number of nitrogens with zero attached hydrogens (tertiary/aromatic N) is 1. The van der Waals surface area contributed by atoms with Crippen molar-refractivity contribution in [3.05, 3.63) is 48.2 Å². The maximum absolute atomic E-state index is 12.1. The first kappa shape index (κ1) is 16.8. The topological polar surface area (TPSA) is 73.4 Å². The molecule has 1 heterocycles. The molecule has 0 fully saturated rings. The quantitative estimate of drug-likeness (QED) is 0.825. The van der Waals surface area contributed by atoms with E-state index < -0.39 is 11.9 Å². The van der Waals surface area contributed by atoms with E-state index in [0.717, 1.165) is 17.0 Å². The van der Waals surface area contributed by atoms with E-state index in [9.17, 15) is 9.59 Å². The summed E-state index contributed by atoms with van der Waals surface area (Å²) >= 11 is 0. The Bertz CT molecular complexity index is 664. The Labute approximate surface area is 135 Å². The van der Waals surface area contributed by atoms with E-state index in [1.807, 2.05) is 42.5 Å². The van der Waals surface area contributed by atoms with Crippen LogP contribution < -0.4 is 0 Å². The molecule has 1 amide bonds. The number of aromatic nitrogens is 1. The first-order chi connectivity index (χ1) is 11.0. The first-order valence-electron chi connectivity index (χ1n) is 7.67. The predicted molar refractivity (Wildman–Crippen MR) is 89.0 cm³/mol. The van der Waals surface area contributed by atoms with Gasteiger partial charge in [0.25, 0.3) is 0 Å². The Balaban J connectivity index is 1.87. The third-order valence-corrected chi connectivity index (χ3v) is 3.83. The highest BCUT2D eigenvalue weighted by Gasteiger charge is 2.17. The van der Waals surface area contributed by atoms with Crippen molar-refractivity contribution in [1.29, 1.82) is 0 Å². The van der Waals surface area contributed by atoms with E-state index >= 15 is 0 Å². The molecule has 5 nitrogen and oxygen atoms in total. The fraction of sp³-hybridized carbons (Fsp3) is 0.333. The van der Waals surface area contributed by atoms with Gasteiger partial charge in [-0.15, -0.1) is 0 Å². The molecular weight excluding hydrogens is 292 g/mol. The van der Waals surface area contributed by atoms with Gasteiger partial charge >= 0.3 is 5.97 Å². The summed E-state index contributed by atoms with van der Waals surface area (Å²) in [5, 5.41) is 8.89. The zero-order valence-corrected chi connectivity index (χ0v) is 13.5. The van der Waals surface area contributed by atoms with Crippen LogP contribution >= 0.6 is 0 Å². The number of benzene rings is 1. The highest BCUT2D eigenvalue weighted by molar-refractivity contribution is 5.77. The van der Waals surface area contributed by atoms with Gasteiger partial charge in [-0.1, -0.05) is 37.3 Å². The number of aliphatic carboxylic acids is 1. The highest BCUT2D eigenvalue weighted by atomic mass is 16.4. The second-order valence-electron chi connectivity index (χ2n) is 5.78. The summed E-state index contributed by atoms with van der Waals surface area (Å²) in [5.41, 5.74) is 3.13. The van der Waals surface area contributed by atoms with Crippen LogP contribution in [0.15, 0.2) is 42.5 Å². The number of nitrogens with one attached hydrogen (secondary N) is 1. The molecule has 0 bridgehead atoms. The number of carboxylic acid groups (broad SMARTS) is 1. The van der Waals surface area contributed by atoms with Crippen molar-refractivity contribution in [3.8, 4) is 11.3 Å². The van der Waals surface area contributed by atoms with E-state index in [1.54, 1.807) is 14.0 Å². The Kier molecular flexibility index (Phi) is 5.57. The number of hydrogen-bond donors (Lipinski definition) is 2. The molecular formula is C18H22N2O3. The highest BCUT2D eigenvalue weighted by Crippen LogP contribution is 2.18. The standard InChI is InChI=1S/C18H22N2O3/c1-13(18(22)23)12-20(2)17(21)11-9-15-8-10-16(19-15)14-6-4-3-5-7-14/h3-8,10,13,19H,9,11-12H2,1-2H3,(H,22,23). The van der Waals surface area contributed by atoms with Crippen LogP contribution in [-0.2, 0) is 16.0 Å². The summed E-state index contributed by atoms with van der Waals surface area (Å²) in [6.07, 6.45) is 0.967. The largest absolute Gasteiger partial charge is 0.481 e. The second-order valence-corrected chi connectivity index (χ2v) is 5.78. The summed E-state index contributed by atoms with van der Waals surface area (Å²) < 4.78 is 0. The number of carbonyl (C=O) groups excluding carboxylic acids is 1. The fourth-order valence-corrected chi connectivity index (χ4v) is 2.40. The Hall–Kier alpha value is -2.56. The third-order valence-electron chi connectivity index (χ3n) is 3.83. The van der Waals surface area contributed by atoms with Crippen molar-refractivity contribution < 1.29 is 14.7 Å². The van der Waals surface area contributed by atoms with Crippen LogP contribution in [-0.4, -0.2) is 40.5 Å². The van der Waals surface area contributed by atoms with Gasteiger partial charge in [0.05, 0.1) is 5.92 Å². The van der Waals surface area contributed by atoms with Gasteiger partial charge in [-0.2, -0.15) is 0 Å². The van der Waals surface area contributed by atoms with Crippen LogP contribution in [0.25, 0.3) is 11.3 Å². The van der Waals surface area contributed by atoms with Crippen molar-refractivity contribution in [1.82, 2.24) is 9.88 Å². The smallest absolute Gasteiger partial charge is 0.308 e. The molecule has 122 valence electrons. The molecule has 0 aliphatic heterocycles. The lowest BCUT2D eigenvalue weighted by molar-refractivity contribution is -0.142. The average molecular weight is 314 g/mol. The second kappa shape index (κ2) is 7.63. The monoisotopic (exact) mass is 314 g/mol. The summed E-state index contributed by atoms with van der Waals surface area (Å²) in [6.45, 7) is 1.83. The molecule has 0 spiro atoms. The molecule has 0 saturated carbocycles. The number of hydrogen-bond acceptors (Lipinski definition) is 2. The number of rotatable bonds is 7. The first-order valence-corrected chi connectivity index (χ1v) is 7.67. The molecule has 23 heavy (non-hydrogen) atoms. The molecule has 0 aliphatic carbocycles. The van der Waals surface area contributed by atoms with E-state index in [-0.39, 0.29) is 12.5 Å². The van der Waals surface area contributed by atoms with Crippen molar-refractivity contribution in [2.75, 3.05) is 13.6 Å². The van der Waals surface area contributed by atoms with Crippen molar-refractivity contribution >= 4 is 11.9 Å². The van der Waals surface area contributed by atoms with E-state index in [0.29, 0.717) is 12.8 Å².